The van der Waals surface area contributed by atoms with Crippen LogP contribution in [0.25, 0.3) is 0 Å². The van der Waals surface area contributed by atoms with Crippen LogP contribution >= 0.6 is 27.5 Å². The SMILES string of the molecule is O=S(=O)(/C=C(/Br)CCl)c1ccccc1. The van der Waals surface area contributed by atoms with E-state index in [1.54, 1.807) is 30.3 Å². The minimum absolute atomic E-state index is 0.145. The van der Waals surface area contributed by atoms with Crippen molar-refractivity contribution in [2.75, 3.05) is 5.88 Å². The lowest BCUT2D eigenvalue weighted by Gasteiger charge is -1.98. The Labute approximate surface area is 96.6 Å². The van der Waals surface area contributed by atoms with Gasteiger partial charge in [0.25, 0.3) is 0 Å². The van der Waals surface area contributed by atoms with Gasteiger partial charge in [0.05, 0.1) is 10.8 Å². The summed E-state index contributed by atoms with van der Waals surface area (Å²) in [6.45, 7) is 0. The summed E-state index contributed by atoms with van der Waals surface area (Å²) in [6.07, 6.45) is 0. The molecule has 0 bridgehead atoms. The molecule has 0 aliphatic rings. The first kappa shape index (κ1) is 11.8. The zero-order valence-electron chi connectivity index (χ0n) is 7.15. The first-order valence-corrected chi connectivity index (χ1v) is 6.66. The monoisotopic (exact) mass is 294 g/mol. The molecule has 1 aromatic rings. The summed E-state index contributed by atoms with van der Waals surface area (Å²) in [5, 5.41) is 1.12. The highest BCUT2D eigenvalue weighted by Gasteiger charge is 2.10. The van der Waals surface area contributed by atoms with Crippen molar-refractivity contribution in [3.8, 4) is 0 Å². The summed E-state index contributed by atoms with van der Waals surface area (Å²) in [6, 6.07) is 8.20. The summed E-state index contributed by atoms with van der Waals surface area (Å²) in [5.74, 6) is 0.145. The average Bonchev–Trinajstić information content (AvgIpc) is 2.18. The van der Waals surface area contributed by atoms with Crippen molar-refractivity contribution < 1.29 is 8.42 Å². The molecular weight excluding hydrogens is 288 g/mol. The Morgan fingerprint density at radius 1 is 1.36 bits per heavy atom. The smallest absolute Gasteiger partial charge is 0.200 e. The molecule has 0 aliphatic carbocycles. The van der Waals surface area contributed by atoms with Gasteiger partial charge in [0, 0.05) is 9.89 Å². The zero-order chi connectivity index (χ0) is 10.6. The number of sulfone groups is 1. The van der Waals surface area contributed by atoms with Crippen molar-refractivity contribution in [2.45, 2.75) is 4.90 Å². The maximum absolute atomic E-state index is 11.6. The van der Waals surface area contributed by atoms with Crippen molar-refractivity contribution in [1.29, 1.82) is 0 Å². The summed E-state index contributed by atoms with van der Waals surface area (Å²) >= 11 is 8.53. The fraction of sp³-hybridized carbons (Fsp3) is 0.111. The fourth-order valence-electron chi connectivity index (χ4n) is 0.878. The van der Waals surface area contributed by atoms with Crippen LogP contribution in [0.1, 0.15) is 0 Å². The third kappa shape index (κ3) is 3.12. The number of hydrogen-bond donors (Lipinski definition) is 0. The van der Waals surface area contributed by atoms with E-state index in [4.69, 9.17) is 11.6 Å². The lowest BCUT2D eigenvalue weighted by molar-refractivity contribution is 0.604. The molecule has 5 heteroatoms. The van der Waals surface area contributed by atoms with Gasteiger partial charge in [-0.2, -0.15) is 0 Å². The maximum atomic E-state index is 11.6. The highest BCUT2D eigenvalue weighted by atomic mass is 79.9. The molecule has 76 valence electrons. The number of rotatable bonds is 3. The number of benzene rings is 1. The number of halogens is 2. The first-order chi connectivity index (χ1) is 6.56. The Kier molecular flexibility index (Phi) is 4.16. The number of allylic oxidation sites excluding steroid dienone is 1. The molecule has 0 saturated carbocycles. The highest BCUT2D eigenvalue weighted by Crippen LogP contribution is 2.16. The number of hydrogen-bond acceptors (Lipinski definition) is 2. The predicted molar refractivity (Wildman–Crippen MR) is 61.4 cm³/mol. The standard InChI is InChI=1S/C9H8BrClO2S/c10-8(6-11)7-14(12,13)9-4-2-1-3-5-9/h1-5,7H,6H2/b8-7+. The molecule has 0 spiro atoms. The molecule has 0 unspecified atom stereocenters. The second-order valence-corrected chi connectivity index (χ2v) is 5.64. The molecule has 0 fully saturated rings. The van der Waals surface area contributed by atoms with Crippen LogP contribution in [0.15, 0.2) is 45.1 Å². The zero-order valence-corrected chi connectivity index (χ0v) is 10.3. The van der Waals surface area contributed by atoms with Crippen molar-refractivity contribution in [3.63, 3.8) is 0 Å². The van der Waals surface area contributed by atoms with E-state index in [1.165, 1.54) is 0 Å². The topological polar surface area (TPSA) is 34.1 Å². The van der Waals surface area contributed by atoms with Crippen LogP contribution in [0, 0.1) is 0 Å². The maximum Gasteiger partial charge on any atom is 0.200 e. The van der Waals surface area contributed by atoms with Gasteiger partial charge in [0.2, 0.25) is 9.84 Å². The molecule has 14 heavy (non-hydrogen) atoms. The Hall–Kier alpha value is -0.320. The lowest BCUT2D eigenvalue weighted by Crippen LogP contribution is -1.96. The third-order valence-corrected chi connectivity index (χ3v) is 4.43. The molecule has 1 rings (SSSR count). The fourth-order valence-corrected chi connectivity index (χ4v) is 2.88. The van der Waals surface area contributed by atoms with E-state index in [9.17, 15) is 8.42 Å². The van der Waals surface area contributed by atoms with Crippen LogP contribution in [0.3, 0.4) is 0 Å². The molecule has 0 radical (unpaired) electrons. The van der Waals surface area contributed by atoms with Gasteiger partial charge in [-0.15, -0.1) is 11.6 Å². The van der Waals surface area contributed by atoms with Crippen LogP contribution < -0.4 is 0 Å². The molecule has 0 saturated heterocycles. The normalized spacial score (nSPS) is 12.9. The van der Waals surface area contributed by atoms with Crippen LogP contribution in [0.2, 0.25) is 0 Å². The molecule has 2 nitrogen and oxygen atoms in total. The largest absolute Gasteiger partial charge is 0.219 e. The molecule has 0 atom stereocenters. The molecule has 0 heterocycles. The highest BCUT2D eigenvalue weighted by molar-refractivity contribution is 9.11. The van der Waals surface area contributed by atoms with E-state index < -0.39 is 9.84 Å². The quantitative estimate of drug-likeness (QED) is 0.804. The van der Waals surface area contributed by atoms with Gasteiger partial charge in [0.15, 0.2) is 0 Å². The second kappa shape index (κ2) is 4.96. The summed E-state index contributed by atoms with van der Waals surface area (Å²) in [4.78, 5) is 0.266. The molecule has 0 aromatic heterocycles. The van der Waals surface area contributed by atoms with E-state index in [2.05, 4.69) is 15.9 Å². The summed E-state index contributed by atoms with van der Waals surface area (Å²) in [5.41, 5.74) is 0. The van der Waals surface area contributed by atoms with Crippen molar-refractivity contribution >= 4 is 37.4 Å². The van der Waals surface area contributed by atoms with Crippen LogP contribution in [-0.4, -0.2) is 14.3 Å². The van der Waals surface area contributed by atoms with Gasteiger partial charge >= 0.3 is 0 Å². The Bertz CT molecular complexity index is 425. The van der Waals surface area contributed by atoms with Crippen LogP contribution in [0.5, 0.6) is 0 Å². The Morgan fingerprint density at radius 2 is 1.93 bits per heavy atom. The van der Waals surface area contributed by atoms with E-state index in [0.717, 1.165) is 5.41 Å². The first-order valence-electron chi connectivity index (χ1n) is 3.78. The molecule has 0 aliphatic heterocycles. The summed E-state index contributed by atoms with van der Waals surface area (Å²) < 4.78 is 23.7. The number of alkyl halides is 1. The van der Waals surface area contributed by atoms with E-state index in [0.29, 0.717) is 4.48 Å². The van der Waals surface area contributed by atoms with Gasteiger partial charge in [-0.05, 0) is 12.1 Å². The predicted octanol–water partition coefficient (Wildman–Crippen LogP) is 2.94. The summed E-state index contributed by atoms with van der Waals surface area (Å²) in [7, 11) is -3.36. The second-order valence-electron chi connectivity index (χ2n) is 2.56. The minimum atomic E-state index is -3.36. The molecule has 1 aromatic carbocycles. The van der Waals surface area contributed by atoms with Gasteiger partial charge in [-0.1, -0.05) is 34.1 Å². The molecule has 0 N–H and O–H groups in total. The van der Waals surface area contributed by atoms with Gasteiger partial charge in [0.1, 0.15) is 0 Å². The Balaban J connectivity index is 3.11. The lowest BCUT2D eigenvalue weighted by atomic mass is 10.4. The van der Waals surface area contributed by atoms with E-state index in [1.807, 2.05) is 0 Å². The van der Waals surface area contributed by atoms with Gasteiger partial charge in [-0.3, -0.25) is 0 Å². The van der Waals surface area contributed by atoms with Gasteiger partial charge in [-0.25, -0.2) is 8.42 Å². The van der Waals surface area contributed by atoms with Crippen molar-refractivity contribution in [3.05, 3.63) is 40.2 Å². The minimum Gasteiger partial charge on any atom is -0.219 e. The van der Waals surface area contributed by atoms with E-state index >= 15 is 0 Å². The van der Waals surface area contributed by atoms with Crippen LogP contribution in [-0.2, 0) is 9.84 Å². The molecular formula is C9H8BrClO2S. The molecule has 0 amide bonds. The van der Waals surface area contributed by atoms with Crippen molar-refractivity contribution in [2.24, 2.45) is 0 Å². The average molecular weight is 296 g/mol. The third-order valence-electron chi connectivity index (χ3n) is 1.48. The van der Waals surface area contributed by atoms with Crippen LogP contribution in [0.4, 0.5) is 0 Å². The van der Waals surface area contributed by atoms with E-state index in [-0.39, 0.29) is 10.8 Å². The Morgan fingerprint density at radius 3 is 2.43 bits per heavy atom. The van der Waals surface area contributed by atoms with Crippen molar-refractivity contribution in [1.82, 2.24) is 0 Å². The van der Waals surface area contributed by atoms with Gasteiger partial charge < -0.3 is 0 Å².